The normalized spacial score (nSPS) is 21.1. The molecule has 0 bridgehead atoms. The first-order valence-electron chi connectivity index (χ1n) is 6.27. The van der Waals surface area contributed by atoms with Gasteiger partial charge in [-0.15, -0.1) is 0 Å². The molecule has 19 heavy (non-hydrogen) atoms. The van der Waals surface area contributed by atoms with Crippen LogP contribution in [-0.2, 0) is 16.0 Å². The molecule has 0 radical (unpaired) electrons. The molecule has 1 aromatic rings. The molecule has 0 aromatic carbocycles. The van der Waals surface area contributed by atoms with Crippen LogP contribution in [0.4, 0.5) is 4.79 Å². The molecule has 2 amide bonds. The number of rotatable bonds is 4. The molecule has 2 N–H and O–H groups in total. The van der Waals surface area contributed by atoms with Crippen molar-refractivity contribution < 1.29 is 14.3 Å². The lowest BCUT2D eigenvalue weighted by molar-refractivity contribution is -0.137. The lowest BCUT2D eigenvalue weighted by Crippen LogP contribution is -2.40. The Bertz CT molecular complexity index is 422. The molecule has 104 valence electrons. The maximum absolute atomic E-state index is 11.6. The van der Waals surface area contributed by atoms with Crippen LogP contribution in [0.2, 0.25) is 0 Å². The standard InChI is InChI=1S/C13H19N3O3/c1-13(2)18-9-11(19-13)8-16-12(17)15-7-10-3-5-14-6-4-10/h3-6,11H,7-9H2,1-2H3,(H2,15,16,17). The molecule has 0 spiro atoms. The number of hydrogen-bond donors (Lipinski definition) is 2. The van der Waals surface area contributed by atoms with E-state index in [1.807, 2.05) is 26.0 Å². The Balaban J connectivity index is 1.65. The van der Waals surface area contributed by atoms with E-state index in [1.165, 1.54) is 0 Å². The van der Waals surface area contributed by atoms with Crippen molar-refractivity contribution >= 4 is 6.03 Å². The van der Waals surface area contributed by atoms with E-state index in [0.717, 1.165) is 5.56 Å². The SMILES string of the molecule is CC1(C)OCC(CNC(=O)NCc2ccncc2)O1. The van der Waals surface area contributed by atoms with Crippen LogP contribution in [-0.4, -0.2) is 36.1 Å². The highest BCUT2D eigenvalue weighted by Gasteiger charge is 2.32. The van der Waals surface area contributed by atoms with Crippen LogP contribution in [0.5, 0.6) is 0 Å². The van der Waals surface area contributed by atoms with Crippen molar-refractivity contribution in [1.82, 2.24) is 15.6 Å². The monoisotopic (exact) mass is 265 g/mol. The number of ether oxygens (including phenoxy) is 2. The lowest BCUT2D eigenvalue weighted by atomic mass is 10.3. The van der Waals surface area contributed by atoms with Crippen molar-refractivity contribution in [1.29, 1.82) is 0 Å². The minimum absolute atomic E-state index is 0.0957. The van der Waals surface area contributed by atoms with Crippen molar-refractivity contribution in [3.63, 3.8) is 0 Å². The molecular weight excluding hydrogens is 246 g/mol. The van der Waals surface area contributed by atoms with Gasteiger partial charge in [-0.3, -0.25) is 4.98 Å². The van der Waals surface area contributed by atoms with Gasteiger partial charge < -0.3 is 20.1 Å². The number of hydrogen-bond acceptors (Lipinski definition) is 4. The summed E-state index contributed by atoms with van der Waals surface area (Å²) in [5.74, 6) is -0.556. The fraction of sp³-hybridized carbons (Fsp3) is 0.538. The number of pyridine rings is 1. The molecule has 1 atom stereocenters. The first-order chi connectivity index (χ1) is 9.05. The first-order valence-corrected chi connectivity index (χ1v) is 6.27. The van der Waals surface area contributed by atoms with E-state index in [0.29, 0.717) is 19.7 Å². The lowest BCUT2D eigenvalue weighted by Gasteiger charge is -2.17. The number of carbonyl (C=O) groups is 1. The van der Waals surface area contributed by atoms with E-state index in [1.54, 1.807) is 12.4 Å². The zero-order valence-electron chi connectivity index (χ0n) is 11.2. The van der Waals surface area contributed by atoms with E-state index in [4.69, 9.17) is 9.47 Å². The molecule has 1 aliphatic heterocycles. The Morgan fingerprint density at radius 1 is 1.42 bits per heavy atom. The van der Waals surface area contributed by atoms with Crippen LogP contribution in [0, 0.1) is 0 Å². The minimum atomic E-state index is -0.556. The quantitative estimate of drug-likeness (QED) is 0.853. The van der Waals surface area contributed by atoms with E-state index in [-0.39, 0.29) is 12.1 Å². The number of aromatic nitrogens is 1. The van der Waals surface area contributed by atoms with Crippen LogP contribution < -0.4 is 10.6 Å². The number of amides is 2. The second-order valence-corrected chi connectivity index (χ2v) is 4.87. The van der Waals surface area contributed by atoms with Gasteiger partial charge in [-0.25, -0.2) is 4.79 Å². The summed E-state index contributed by atoms with van der Waals surface area (Å²) >= 11 is 0. The van der Waals surface area contributed by atoms with Gasteiger partial charge in [0, 0.05) is 25.5 Å². The zero-order valence-corrected chi connectivity index (χ0v) is 11.2. The largest absolute Gasteiger partial charge is 0.348 e. The molecule has 0 saturated carbocycles. The molecule has 2 rings (SSSR count). The summed E-state index contributed by atoms with van der Waals surface area (Å²) in [5, 5.41) is 5.53. The number of nitrogens with one attached hydrogen (secondary N) is 2. The van der Waals surface area contributed by atoms with Gasteiger partial charge in [0.1, 0.15) is 6.10 Å². The Kier molecular flexibility index (Phi) is 4.34. The molecule has 1 saturated heterocycles. The van der Waals surface area contributed by atoms with E-state index >= 15 is 0 Å². The second-order valence-electron chi connectivity index (χ2n) is 4.87. The number of carbonyl (C=O) groups excluding carboxylic acids is 1. The van der Waals surface area contributed by atoms with E-state index in [9.17, 15) is 4.79 Å². The summed E-state index contributed by atoms with van der Waals surface area (Å²) in [6.07, 6.45) is 3.29. The molecule has 6 heteroatoms. The summed E-state index contributed by atoms with van der Waals surface area (Å²) in [6.45, 7) is 5.12. The number of nitrogens with zero attached hydrogens (tertiary/aromatic N) is 1. The fourth-order valence-electron chi connectivity index (χ4n) is 1.82. The van der Waals surface area contributed by atoms with Gasteiger partial charge in [0.05, 0.1) is 6.61 Å². The van der Waals surface area contributed by atoms with Crippen molar-refractivity contribution in [2.75, 3.05) is 13.2 Å². The van der Waals surface area contributed by atoms with Crippen molar-refractivity contribution in [2.24, 2.45) is 0 Å². The van der Waals surface area contributed by atoms with E-state index in [2.05, 4.69) is 15.6 Å². The topological polar surface area (TPSA) is 72.5 Å². The average molecular weight is 265 g/mol. The van der Waals surface area contributed by atoms with Gasteiger partial charge in [-0.05, 0) is 31.5 Å². The second kappa shape index (κ2) is 5.99. The third kappa shape index (κ3) is 4.50. The third-order valence-electron chi connectivity index (χ3n) is 2.76. The van der Waals surface area contributed by atoms with Crippen LogP contribution in [0.3, 0.4) is 0 Å². The molecule has 1 fully saturated rings. The molecule has 0 aliphatic carbocycles. The average Bonchev–Trinajstić information content (AvgIpc) is 2.75. The van der Waals surface area contributed by atoms with Crippen molar-refractivity contribution in [3.8, 4) is 0 Å². The van der Waals surface area contributed by atoms with Gasteiger partial charge in [0.15, 0.2) is 5.79 Å². The fourth-order valence-corrected chi connectivity index (χ4v) is 1.82. The van der Waals surface area contributed by atoms with Gasteiger partial charge >= 0.3 is 6.03 Å². The highest BCUT2D eigenvalue weighted by atomic mass is 16.7. The van der Waals surface area contributed by atoms with Crippen molar-refractivity contribution in [2.45, 2.75) is 32.3 Å². The zero-order chi connectivity index (χ0) is 13.7. The predicted octanol–water partition coefficient (Wildman–Crippen LogP) is 1.03. The van der Waals surface area contributed by atoms with Gasteiger partial charge in [0.25, 0.3) is 0 Å². The highest BCUT2D eigenvalue weighted by Crippen LogP contribution is 2.21. The Morgan fingerprint density at radius 3 is 2.79 bits per heavy atom. The smallest absolute Gasteiger partial charge is 0.315 e. The summed E-state index contributed by atoms with van der Waals surface area (Å²) in [6, 6.07) is 3.50. The van der Waals surface area contributed by atoms with Crippen LogP contribution in [0.1, 0.15) is 19.4 Å². The molecule has 1 aromatic heterocycles. The molecule has 6 nitrogen and oxygen atoms in total. The van der Waals surface area contributed by atoms with Crippen LogP contribution >= 0.6 is 0 Å². The van der Waals surface area contributed by atoms with Gasteiger partial charge in [0.2, 0.25) is 0 Å². The molecule has 2 heterocycles. The Morgan fingerprint density at radius 2 is 2.16 bits per heavy atom. The highest BCUT2D eigenvalue weighted by molar-refractivity contribution is 5.73. The minimum Gasteiger partial charge on any atom is -0.348 e. The predicted molar refractivity (Wildman–Crippen MR) is 69.4 cm³/mol. The van der Waals surface area contributed by atoms with Crippen LogP contribution in [0.15, 0.2) is 24.5 Å². The van der Waals surface area contributed by atoms with Gasteiger partial charge in [-0.1, -0.05) is 0 Å². The molecular formula is C13H19N3O3. The Labute approximate surface area is 112 Å². The summed E-state index contributed by atoms with van der Waals surface area (Å²) < 4.78 is 11.0. The maximum Gasteiger partial charge on any atom is 0.315 e. The first kappa shape index (κ1) is 13.8. The van der Waals surface area contributed by atoms with E-state index < -0.39 is 5.79 Å². The summed E-state index contributed by atoms with van der Waals surface area (Å²) in [5.41, 5.74) is 1.01. The molecule has 1 unspecified atom stereocenters. The molecule has 1 aliphatic rings. The summed E-state index contributed by atoms with van der Waals surface area (Å²) in [4.78, 5) is 15.5. The van der Waals surface area contributed by atoms with Gasteiger partial charge in [-0.2, -0.15) is 0 Å². The summed E-state index contributed by atoms with van der Waals surface area (Å²) in [7, 11) is 0. The Hall–Kier alpha value is -1.66. The van der Waals surface area contributed by atoms with Crippen molar-refractivity contribution in [3.05, 3.63) is 30.1 Å². The number of urea groups is 1. The van der Waals surface area contributed by atoms with Crippen LogP contribution in [0.25, 0.3) is 0 Å². The third-order valence-corrected chi connectivity index (χ3v) is 2.76. The maximum atomic E-state index is 11.6.